The Labute approximate surface area is 137 Å². The van der Waals surface area contributed by atoms with E-state index in [4.69, 9.17) is 0 Å². The van der Waals surface area contributed by atoms with Gasteiger partial charge in [0.2, 0.25) is 0 Å². The monoisotopic (exact) mass is 388 g/mol. The molecule has 1 aromatic carbocycles. The van der Waals surface area contributed by atoms with Crippen molar-refractivity contribution < 1.29 is 8.42 Å². The van der Waals surface area contributed by atoms with Gasteiger partial charge in [-0.2, -0.15) is 0 Å². The van der Waals surface area contributed by atoms with Crippen molar-refractivity contribution in [2.75, 3.05) is 11.3 Å². The van der Waals surface area contributed by atoms with E-state index in [1.54, 1.807) is 35.7 Å². The fourth-order valence-corrected chi connectivity index (χ4v) is 4.54. The summed E-state index contributed by atoms with van der Waals surface area (Å²) in [5, 5.41) is 5.04. The van der Waals surface area contributed by atoms with E-state index in [1.165, 1.54) is 11.3 Å². The van der Waals surface area contributed by atoms with Crippen LogP contribution in [0.25, 0.3) is 0 Å². The summed E-state index contributed by atoms with van der Waals surface area (Å²) in [6.45, 7) is 3.52. The Morgan fingerprint density at radius 2 is 1.90 bits per heavy atom. The summed E-state index contributed by atoms with van der Waals surface area (Å²) >= 11 is 4.78. The van der Waals surface area contributed by atoms with Gasteiger partial charge < -0.3 is 5.32 Å². The van der Waals surface area contributed by atoms with Gasteiger partial charge in [0.05, 0.1) is 0 Å². The zero-order valence-corrected chi connectivity index (χ0v) is 14.8. The summed E-state index contributed by atoms with van der Waals surface area (Å²) in [5.41, 5.74) is 0.553. The minimum Gasteiger partial charge on any atom is -0.312 e. The Hall–Kier alpha value is -0.890. The predicted molar refractivity (Wildman–Crippen MR) is 91.3 cm³/mol. The average Bonchev–Trinajstić information content (AvgIpc) is 2.91. The second-order valence-corrected chi connectivity index (χ2v) is 8.06. The first-order valence-electron chi connectivity index (χ1n) is 6.58. The highest BCUT2D eigenvalue weighted by atomic mass is 79.9. The minimum atomic E-state index is -3.55. The van der Waals surface area contributed by atoms with Gasteiger partial charge in [0, 0.05) is 21.6 Å². The van der Waals surface area contributed by atoms with Crippen LogP contribution in [0.15, 0.2) is 45.1 Å². The molecule has 2 N–H and O–H groups in total. The molecular weight excluding hydrogens is 372 g/mol. The molecular formula is C14H17BrN2O2S2. The lowest BCUT2D eigenvalue weighted by molar-refractivity contribution is 0.599. The van der Waals surface area contributed by atoms with Crippen LogP contribution in [0, 0.1) is 0 Å². The standard InChI is InChI=1S/C14H17BrN2O2S2/c1-2-8-16-10-13-14(7-9-20-13)21(18,19)17-12-5-3-11(15)4-6-12/h3-7,9,16-17H,2,8,10H2,1H3. The lowest BCUT2D eigenvalue weighted by atomic mass is 10.3. The normalized spacial score (nSPS) is 11.5. The van der Waals surface area contributed by atoms with Crippen molar-refractivity contribution in [2.24, 2.45) is 0 Å². The van der Waals surface area contributed by atoms with Crippen LogP contribution in [-0.2, 0) is 16.6 Å². The van der Waals surface area contributed by atoms with Gasteiger partial charge in [0.1, 0.15) is 4.90 Å². The number of benzene rings is 1. The predicted octanol–water partition coefficient (Wildman–Crippen LogP) is 3.81. The van der Waals surface area contributed by atoms with Gasteiger partial charge in [-0.25, -0.2) is 8.42 Å². The van der Waals surface area contributed by atoms with Crippen molar-refractivity contribution in [1.29, 1.82) is 0 Å². The number of thiophene rings is 1. The first kappa shape index (κ1) is 16.5. The van der Waals surface area contributed by atoms with E-state index < -0.39 is 10.0 Å². The minimum absolute atomic E-state index is 0.346. The molecule has 0 atom stereocenters. The summed E-state index contributed by atoms with van der Waals surface area (Å²) in [5.74, 6) is 0. The van der Waals surface area contributed by atoms with Crippen LogP contribution in [0.1, 0.15) is 18.2 Å². The third-order valence-electron chi connectivity index (χ3n) is 2.80. The van der Waals surface area contributed by atoms with Crippen molar-refractivity contribution in [3.05, 3.63) is 45.1 Å². The maximum absolute atomic E-state index is 12.5. The topological polar surface area (TPSA) is 58.2 Å². The number of anilines is 1. The van der Waals surface area contributed by atoms with Crippen LogP contribution in [0.5, 0.6) is 0 Å². The number of sulfonamides is 1. The van der Waals surface area contributed by atoms with Crippen LogP contribution >= 0.6 is 27.3 Å². The lowest BCUT2D eigenvalue weighted by Gasteiger charge is -2.09. The molecule has 2 aromatic rings. The molecule has 1 heterocycles. The lowest BCUT2D eigenvalue weighted by Crippen LogP contribution is -2.18. The molecule has 4 nitrogen and oxygen atoms in total. The Morgan fingerprint density at radius 3 is 2.57 bits per heavy atom. The Morgan fingerprint density at radius 1 is 1.19 bits per heavy atom. The number of rotatable bonds is 7. The van der Waals surface area contributed by atoms with Crippen molar-refractivity contribution in [2.45, 2.75) is 24.8 Å². The van der Waals surface area contributed by atoms with Crippen molar-refractivity contribution in [3.63, 3.8) is 0 Å². The van der Waals surface area contributed by atoms with Gasteiger partial charge in [-0.15, -0.1) is 11.3 Å². The van der Waals surface area contributed by atoms with E-state index in [0.29, 0.717) is 17.1 Å². The smallest absolute Gasteiger partial charge is 0.263 e. The molecule has 0 spiro atoms. The first-order valence-corrected chi connectivity index (χ1v) is 9.74. The second-order valence-electron chi connectivity index (χ2n) is 4.50. The van der Waals surface area contributed by atoms with Gasteiger partial charge in [-0.1, -0.05) is 22.9 Å². The third kappa shape index (κ3) is 4.54. The summed E-state index contributed by atoms with van der Waals surface area (Å²) in [7, 11) is -3.55. The molecule has 7 heteroatoms. The molecule has 0 aliphatic carbocycles. The molecule has 0 saturated carbocycles. The SMILES string of the molecule is CCCNCc1sccc1S(=O)(=O)Nc1ccc(Br)cc1. The number of nitrogens with one attached hydrogen (secondary N) is 2. The number of hydrogen-bond donors (Lipinski definition) is 2. The molecule has 21 heavy (non-hydrogen) atoms. The van der Waals surface area contributed by atoms with Gasteiger partial charge >= 0.3 is 0 Å². The van der Waals surface area contributed by atoms with Crippen LogP contribution in [-0.4, -0.2) is 15.0 Å². The van der Waals surface area contributed by atoms with E-state index in [0.717, 1.165) is 22.3 Å². The Balaban J connectivity index is 2.16. The van der Waals surface area contributed by atoms with Crippen molar-refractivity contribution >= 4 is 43.0 Å². The zero-order valence-electron chi connectivity index (χ0n) is 11.6. The van der Waals surface area contributed by atoms with Gasteiger partial charge in [-0.05, 0) is 48.7 Å². The van der Waals surface area contributed by atoms with Crippen molar-refractivity contribution in [3.8, 4) is 0 Å². The van der Waals surface area contributed by atoms with E-state index in [9.17, 15) is 8.42 Å². The highest BCUT2D eigenvalue weighted by Crippen LogP contribution is 2.25. The van der Waals surface area contributed by atoms with Gasteiger partial charge in [0.25, 0.3) is 10.0 Å². The second kappa shape index (κ2) is 7.40. The first-order chi connectivity index (χ1) is 10.0. The molecule has 0 bridgehead atoms. The fraction of sp³-hybridized carbons (Fsp3) is 0.286. The highest BCUT2D eigenvalue weighted by Gasteiger charge is 2.19. The average molecular weight is 389 g/mol. The van der Waals surface area contributed by atoms with E-state index in [2.05, 4.69) is 32.9 Å². The summed E-state index contributed by atoms with van der Waals surface area (Å²) < 4.78 is 28.4. The Bertz CT molecular complexity index is 681. The summed E-state index contributed by atoms with van der Waals surface area (Å²) in [6.07, 6.45) is 1.02. The summed E-state index contributed by atoms with van der Waals surface area (Å²) in [6, 6.07) is 8.70. The van der Waals surface area contributed by atoms with Crippen LogP contribution in [0.4, 0.5) is 5.69 Å². The number of halogens is 1. The quantitative estimate of drug-likeness (QED) is 0.708. The third-order valence-corrected chi connectivity index (χ3v) is 5.85. The van der Waals surface area contributed by atoms with E-state index in [-0.39, 0.29) is 0 Å². The molecule has 0 saturated heterocycles. The molecule has 2 rings (SSSR count). The van der Waals surface area contributed by atoms with Crippen LogP contribution in [0.3, 0.4) is 0 Å². The molecule has 0 aliphatic heterocycles. The van der Waals surface area contributed by atoms with Crippen molar-refractivity contribution in [1.82, 2.24) is 5.32 Å². The maximum atomic E-state index is 12.5. The van der Waals surface area contributed by atoms with E-state index >= 15 is 0 Å². The molecule has 0 radical (unpaired) electrons. The molecule has 0 unspecified atom stereocenters. The maximum Gasteiger partial charge on any atom is 0.263 e. The van der Waals surface area contributed by atoms with E-state index in [1.807, 2.05) is 0 Å². The van der Waals surface area contributed by atoms with Gasteiger partial charge in [-0.3, -0.25) is 4.72 Å². The Kier molecular flexibility index (Phi) is 5.80. The fourth-order valence-electron chi connectivity index (χ4n) is 1.80. The summed E-state index contributed by atoms with van der Waals surface area (Å²) in [4.78, 5) is 1.17. The molecule has 1 aromatic heterocycles. The largest absolute Gasteiger partial charge is 0.312 e. The van der Waals surface area contributed by atoms with Crippen LogP contribution in [0.2, 0.25) is 0 Å². The number of hydrogen-bond acceptors (Lipinski definition) is 4. The molecule has 114 valence electrons. The molecule has 0 fully saturated rings. The molecule has 0 aliphatic rings. The van der Waals surface area contributed by atoms with Gasteiger partial charge in [0.15, 0.2) is 0 Å². The van der Waals surface area contributed by atoms with Crippen LogP contribution < -0.4 is 10.0 Å². The zero-order chi connectivity index (χ0) is 15.3. The molecule has 0 amide bonds. The highest BCUT2D eigenvalue weighted by molar-refractivity contribution is 9.10.